The second kappa shape index (κ2) is 9.09. The van der Waals surface area contributed by atoms with Crippen LogP contribution in [0.4, 0.5) is 5.69 Å². The molecule has 0 fully saturated rings. The molecule has 0 heterocycles. The van der Waals surface area contributed by atoms with Gasteiger partial charge in [-0.05, 0) is 55.9 Å². The third-order valence-corrected chi connectivity index (χ3v) is 4.09. The van der Waals surface area contributed by atoms with E-state index in [9.17, 15) is 14.4 Å². The minimum absolute atomic E-state index is 0.0165. The van der Waals surface area contributed by atoms with Crippen LogP contribution in [0.5, 0.6) is 0 Å². The number of nitrogens with one attached hydrogen (secondary N) is 2. The van der Waals surface area contributed by atoms with Gasteiger partial charge in [-0.2, -0.15) is 0 Å². The van der Waals surface area contributed by atoms with Crippen molar-refractivity contribution in [2.75, 3.05) is 19.5 Å². The highest BCUT2D eigenvalue weighted by atomic mass is 32.1. The lowest BCUT2D eigenvalue weighted by Gasteiger charge is -2.13. The monoisotopic (exact) mass is 400 g/mol. The van der Waals surface area contributed by atoms with Gasteiger partial charge in [-0.25, -0.2) is 9.59 Å². The smallest absolute Gasteiger partial charge is 0.337 e. The van der Waals surface area contributed by atoms with E-state index in [4.69, 9.17) is 12.2 Å². The summed E-state index contributed by atoms with van der Waals surface area (Å²) in [6.45, 7) is 3.77. The number of rotatable bonds is 4. The van der Waals surface area contributed by atoms with Crippen molar-refractivity contribution in [3.8, 4) is 0 Å². The fourth-order valence-electron chi connectivity index (χ4n) is 2.57. The number of ether oxygens (including phenoxy) is 2. The Labute approximate surface area is 168 Å². The highest BCUT2D eigenvalue weighted by molar-refractivity contribution is 7.80. The zero-order valence-corrected chi connectivity index (χ0v) is 16.7. The molecule has 0 aromatic heterocycles. The number of carbonyl (C=O) groups is 3. The third-order valence-electron chi connectivity index (χ3n) is 3.89. The van der Waals surface area contributed by atoms with Crippen LogP contribution in [0.25, 0.3) is 0 Å². The SMILES string of the molecule is COC(=O)c1cc(NC(=S)NC(=O)c2ccc(C)cc2C)cc(C(=O)OC)c1. The average Bonchev–Trinajstić information content (AvgIpc) is 2.65. The van der Waals surface area contributed by atoms with E-state index in [1.54, 1.807) is 6.07 Å². The largest absolute Gasteiger partial charge is 0.465 e. The Bertz CT molecular complexity index is 921. The van der Waals surface area contributed by atoms with Crippen LogP contribution in [-0.4, -0.2) is 37.2 Å². The van der Waals surface area contributed by atoms with Gasteiger partial charge in [-0.3, -0.25) is 10.1 Å². The van der Waals surface area contributed by atoms with Crippen molar-refractivity contribution < 1.29 is 23.9 Å². The summed E-state index contributed by atoms with van der Waals surface area (Å²) >= 11 is 5.18. The molecule has 0 aliphatic carbocycles. The highest BCUT2D eigenvalue weighted by Gasteiger charge is 2.15. The molecule has 0 aliphatic rings. The number of anilines is 1. The molecule has 0 saturated carbocycles. The Morgan fingerprint density at radius 3 is 1.96 bits per heavy atom. The van der Waals surface area contributed by atoms with Crippen molar-refractivity contribution in [1.82, 2.24) is 5.32 Å². The van der Waals surface area contributed by atoms with E-state index in [1.807, 2.05) is 26.0 Å². The maximum Gasteiger partial charge on any atom is 0.337 e. The number of benzene rings is 2. The molecular formula is C20H20N2O5S. The maximum atomic E-state index is 12.4. The van der Waals surface area contributed by atoms with E-state index in [-0.39, 0.29) is 22.1 Å². The van der Waals surface area contributed by atoms with E-state index in [0.717, 1.165) is 11.1 Å². The van der Waals surface area contributed by atoms with Gasteiger partial charge in [0, 0.05) is 11.3 Å². The van der Waals surface area contributed by atoms with Gasteiger partial charge in [0.1, 0.15) is 0 Å². The molecule has 2 aromatic rings. The molecule has 7 nitrogen and oxygen atoms in total. The molecule has 0 radical (unpaired) electrons. The molecule has 2 N–H and O–H groups in total. The second-order valence-electron chi connectivity index (χ2n) is 6.01. The predicted molar refractivity (Wildman–Crippen MR) is 109 cm³/mol. The van der Waals surface area contributed by atoms with Gasteiger partial charge in [0.15, 0.2) is 5.11 Å². The first-order chi connectivity index (χ1) is 13.2. The lowest BCUT2D eigenvalue weighted by molar-refractivity contribution is 0.0599. The number of hydrogen-bond donors (Lipinski definition) is 2. The van der Waals surface area contributed by atoms with E-state index in [0.29, 0.717) is 11.3 Å². The van der Waals surface area contributed by atoms with Crippen LogP contribution in [0.15, 0.2) is 36.4 Å². The van der Waals surface area contributed by atoms with Crippen molar-refractivity contribution >= 4 is 40.9 Å². The minimum Gasteiger partial charge on any atom is -0.465 e. The van der Waals surface area contributed by atoms with Gasteiger partial charge in [-0.15, -0.1) is 0 Å². The van der Waals surface area contributed by atoms with Crippen molar-refractivity contribution in [3.05, 3.63) is 64.2 Å². The Morgan fingerprint density at radius 2 is 1.46 bits per heavy atom. The van der Waals surface area contributed by atoms with E-state index in [2.05, 4.69) is 20.1 Å². The number of carbonyl (C=O) groups excluding carboxylic acids is 3. The van der Waals surface area contributed by atoms with E-state index < -0.39 is 11.9 Å². The van der Waals surface area contributed by atoms with E-state index in [1.165, 1.54) is 32.4 Å². The van der Waals surface area contributed by atoms with Gasteiger partial charge in [0.2, 0.25) is 0 Å². The molecule has 0 unspecified atom stereocenters. The fourth-order valence-corrected chi connectivity index (χ4v) is 2.78. The summed E-state index contributed by atoms with van der Waals surface area (Å²) in [5, 5.41) is 5.39. The zero-order chi connectivity index (χ0) is 20.8. The van der Waals surface area contributed by atoms with Gasteiger partial charge < -0.3 is 14.8 Å². The molecule has 2 aromatic carbocycles. The number of aryl methyl sites for hydroxylation is 2. The van der Waals surface area contributed by atoms with Crippen LogP contribution >= 0.6 is 12.2 Å². The van der Waals surface area contributed by atoms with Crippen molar-refractivity contribution in [1.29, 1.82) is 0 Å². The molecule has 0 bridgehead atoms. The standard InChI is InChI=1S/C20H20N2O5S/c1-11-5-6-16(12(2)7-11)17(23)22-20(28)21-15-9-13(18(24)26-3)8-14(10-15)19(25)27-4/h5-10H,1-4H3,(H2,21,22,23,28). The lowest BCUT2D eigenvalue weighted by Crippen LogP contribution is -2.34. The summed E-state index contributed by atoms with van der Waals surface area (Å²) in [6.07, 6.45) is 0. The molecule has 0 spiro atoms. The fraction of sp³-hybridized carbons (Fsp3) is 0.200. The van der Waals surface area contributed by atoms with E-state index >= 15 is 0 Å². The van der Waals surface area contributed by atoms with Crippen LogP contribution in [0, 0.1) is 13.8 Å². The third kappa shape index (κ3) is 5.14. The second-order valence-corrected chi connectivity index (χ2v) is 6.42. The first-order valence-corrected chi connectivity index (χ1v) is 8.67. The summed E-state index contributed by atoms with van der Waals surface area (Å²) in [6, 6.07) is 9.70. The van der Waals surface area contributed by atoms with Crippen LogP contribution in [-0.2, 0) is 9.47 Å². The average molecular weight is 400 g/mol. The molecule has 2 rings (SSSR count). The van der Waals surface area contributed by atoms with Gasteiger partial charge in [0.25, 0.3) is 5.91 Å². The van der Waals surface area contributed by atoms with Crippen molar-refractivity contribution in [3.63, 3.8) is 0 Å². The van der Waals surface area contributed by atoms with Crippen molar-refractivity contribution in [2.45, 2.75) is 13.8 Å². The quantitative estimate of drug-likeness (QED) is 0.602. The predicted octanol–water partition coefficient (Wildman–Crippen LogP) is 3.00. The molecule has 1 amide bonds. The summed E-state index contributed by atoms with van der Waals surface area (Å²) in [5.41, 5.74) is 2.96. The lowest BCUT2D eigenvalue weighted by atomic mass is 10.1. The number of methoxy groups -OCH3 is 2. The summed E-state index contributed by atoms with van der Waals surface area (Å²) in [4.78, 5) is 36.1. The Morgan fingerprint density at radius 1 is 0.893 bits per heavy atom. The molecule has 0 saturated heterocycles. The summed E-state index contributed by atoms with van der Waals surface area (Å²) in [7, 11) is 2.46. The van der Waals surface area contributed by atoms with Gasteiger partial charge >= 0.3 is 11.9 Å². The molecular weight excluding hydrogens is 380 g/mol. The van der Waals surface area contributed by atoms with Crippen LogP contribution in [0.3, 0.4) is 0 Å². The number of hydrogen-bond acceptors (Lipinski definition) is 6. The van der Waals surface area contributed by atoms with Gasteiger partial charge in [0.05, 0.1) is 25.3 Å². The number of amides is 1. The Balaban J connectivity index is 2.21. The van der Waals surface area contributed by atoms with Crippen molar-refractivity contribution in [2.24, 2.45) is 0 Å². The molecule has 28 heavy (non-hydrogen) atoms. The summed E-state index contributed by atoms with van der Waals surface area (Å²) in [5.74, 6) is -1.62. The first kappa shape index (κ1) is 21.0. The normalized spacial score (nSPS) is 10.0. The minimum atomic E-state index is -0.626. The number of thiocarbonyl (C=S) groups is 1. The maximum absolute atomic E-state index is 12.4. The van der Waals surface area contributed by atoms with Crippen LogP contribution in [0.2, 0.25) is 0 Å². The van der Waals surface area contributed by atoms with Crippen LogP contribution < -0.4 is 10.6 Å². The Hall–Kier alpha value is -3.26. The number of esters is 2. The molecule has 8 heteroatoms. The molecule has 146 valence electrons. The highest BCUT2D eigenvalue weighted by Crippen LogP contribution is 2.17. The molecule has 0 atom stereocenters. The Kier molecular flexibility index (Phi) is 6.84. The van der Waals surface area contributed by atoms with Gasteiger partial charge in [-0.1, -0.05) is 17.7 Å². The zero-order valence-electron chi connectivity index (χ0n) is 15.9. The first-order valence-electron chi connectivity index (χ1n) is 8.26. The molecule has 0 aliphatic heterocycles. The summed E-state index contributed by atoms with van der Waals surface area (Å²) < 4.78 is 9.38. The topological polar surface area (TPSA) is 93.7 Å². The van der Waals surface area contributed by atoms with Crippen LogP contribution in [0.1, 0.15) is 42.2 Å².